The summed E-state index contributed by atoms with van der Waals surface area (Å²) < 4.78 is 32.0. The van der Waals surface area contributed by atoms with Crippen molar-refractivity contribution in [2.45, 2.75) is 10.8 Å². The second-order valence-corrected chi connectivity index (χ2v) is 5.18. The van der Waals surface area contributed by atoms with Gasteiger partial charge in [-0.15, -0.1) is 0 Å². The lowest BCUT2D eigenvalue weighted by atomic mass is 10.3. The lowest BCUT2D eigenvalue weighted by molar-refractivity contribution is 0.0596. The molecule has 0 aliphatic carbocycles. The number of esters is 1. The van der Waals surface area contributed by atoms with Gasteiger partial charge in [0.2, 0.25) is 0 Å². The number of methoxy groups -OCH3 is 1. The molecule has 0 N–H and O–H groups in total. The first-order valence-corrected chi connectivity index (χ1v) is 6.54. The number of rotatable bonds is 3. The van der Waals surface area contributed by atoms with E-state index >= 15 is 0 Å². The zero-order valence-corrected chi connectivity index (χ0v) is 11.6. The minimum atomic E-state index is -2.61. The van der Waals surface area contributed by atoms with Gasteiger partial charge in [0, 0.05) is 10.7 Å². The Kier molecular flexibility index (Phi) is 3.91. The van der Waals surface area contributed by atoms with Gasteiger partial charge in [0.1, 0.15) is 0 Å². The maximum absolute atomic E-state index is 12.6. The molecule has 0 radical (unpaired) electrons. The third kappa shape index (κ3) is 2.37. The highest BCUT2D eigenvalue weighted by Gasteiger charge is 2.21. The molecular formula is C11H8BrF2NO2S. The predicted octanol–water partition coefficient (Wildman–Crippen LogP) is 3.80. The summed E-state index contributed by atoms with van der Waals surface area (Å²) in [5, 5.41) is 0.174. The van der Waals surface area contributed by atoms with Crippen molar-refractivity contribution in [1.29, 1.82) is 0 Å². The molecule has 18 heavy (non-hydrogen) atoms. The molecule has 2 aromatic rings. The molecule has 0 aliphatic heterocycles. The monoisotopic (exact) mass is 335 g/mol. The van der Waals surface area contributed by atoms with E-state index in [0.29, 0.717) is 17.3 Å². The molecule has 0 fully saturated rings. The second-order valence-electron chi connectivity index (χ2n) is 3.34. The highest BCUT2D eigenvalue weighted by molar-refractivity contribution is 9.10. The number of nitrogens with zero attached hydrogens (tertiary/aromatic N) is 1. The number of ether oxygens (including phenoxy) is 1. The van der Waals surface area contributed by atoms with Crippen LogP contribution in [0.4, 0.5) is 8.78 Å². The van der Waals surface area contributed by atoms with E-state index in [1.165, 1.54) is 17.6 Å². The summed E-state index contributed by atoms with van der Waals surface area (Å²) in [6.45, 7) is 0. The van der Waals surface area contributed by atoms with Crippen LogP contribution in [-0.2, 0) is 4.74 Å². The predicted molar refractivity (Wildman–Crippen MR) is 68.3 cm³/mol. The van der Waals surface area contributed by atoms with Gasteiger partial charge in [0.25, 0.3) is 5.76 Å². The van der Waals surface area contributed by atoms with Crippen LogP contribution in [-0.4, -0.2) is 23.2 Å². The zero-order valence-electron chi connectivity index (χ0n) is 9.19. The molecule has 0 bridgehead atoms. The fourth-order valence-electron chi connectivity index (χ4n) is 1.60. The third-order valence-corrected chi connectivity index (χ3v) is 3.81. The topological polar surface area (TPSA) is 30.7 Å². The van der Waals surface area contributed by atoms with Crippen molar-refractivity contribution in [2.24, 2.45) is 0 Å². The molecule has 0 aromatic carbocycles. The van der Waals surface area contributed by atoms with Crippen molar-refractivity contribution < 1.29 is 18.3 Å². The SMILES string of the molecule is COC(=O)c1cc2c(Br)cccn2c1SC(F)F. The van der Waals surface area contributed by atoms with Crippen LogP contribution in [0.2, 0.25) is 0 Å². The number of carbonyl (C=O) groups excluding carboxylic acids is 1. The first kappa shape index (κ1) is 13.4. The fraction of sp³-hybridized carbons (Fsp3) is 0.182. The molecule has 2 rings (SSSR count). The van der Waals surface area contributed by atoms with Crippen LogP contribution in [0.15, 0.2) is 33.9 Å². The van der Waals surface area contributed by atoms with Crippen LogP contribution in [0.1, 0.15) is 10.4 Å². The molecule has 2 heterocycles. The second kappa shape index (κ2) is 5.27. The van der Waals surface area contributed by atoms with Gasteiger partial charge in [0.15, 0.2) is 0 Å². The molecular weight excluding hydrogens is 328 g/mol. The van der Waals surface area contributed by atoms with Gasteiger partial charge in [-0.3, -0.25) is 0 Å². The third-order valence-electron chi connectivity index (χ3n) is 2.32. The normalized spacial score (nSPS) is 11.2. The first-order valence-electron chi connectivity index (χ1n) is 4.87. The van der Waals surface area contributed by atoms with Gasteiger partial charge in [-0.2, -0.15) is 8.78 Å². The van der Waals surface area contributed by atoms with Crippen LogP contribution in [0.3, 0.4) is 0 Å². The van der Waals surface area contributed by atoms with E-state index in [1.807, 2.05) is 0 Å². The van der Waals surface area contributed by atoms with Gasteiger partial charge < -0.3 is 9.14 Å². The van der Waals surface area contributed by atoms with E-state index in [-0.39, 0.29) is 10.6 Å². The van der Waals surface area contributed by atoms with E-state index < -0.39 is 11.7 Å². The molecule has 96 valence electrons. The van der Waals surface area contributed by atoms with Gasteiger partial charge in [-0.1, -0.05) is 0 Å². The Labute approximate surface area is 114 Å². The average Bonchev–Trinajstić information content (AvgIpc) is 2.68. The summed E-state index contributed by atoms with van der Waals surface area (Å²) in [6.07, 6.45) is 1.62. The number of hydrogen-bond acceptors (Lipinski definition) is 3. The summed E-state index contributed by atoms with van der Waals surface area (Å²) in [7, 11) is 1.22. The smallest absolute Gasteiger partial charge is 0.340 e. The summed E-state index contributed by atoms with van der Waals surface area (Å²) in [5.74, 6) is -3.24. The Morgan fingerprint density at radius 1 is 1.56 bits per heavy atom. The maximum Gasteiger partial charge on any atom is 0.340 e. The van der Waals surface area contributed by atoms with E-state index in [4.69, 9.17) is 0 Å². The summed E-state index contributed by atoms with van der Waals surface area (Å²) in [4.78, 5) is 11.6. The van der Waals surface area contributed by atoms with Crippen molar-refractivity contribution in [2.75, 3.05) is 7.11 Å². The molecule has 0 spiro atoms. The van der Waals surface area contributed by atoms with Crippen molar-refractivity contribution >= 4 is 39.2 Å². The molecule has 0 atom stereocenters. The standard InChI is InChI=1S/C11H8BrF2NO2S/c1-17-10(16)6-5-8-7(12)3-2-4-15(8)9(6)18-11(13)14/h2-5,11H,1H3. The fourth-order valence-corrected chi connectivity index (χ4v) is 2.77. The Bertz CT molecular complexity index is 600. The largest absolute Gasteiger partial charge is 0.465 e. The van der Waals surface area contributed by atoms with Gasteiger partial charge in [-0.05, 0) is 45.9 Å². The molecule has 0 unspecified atom stereocenters. The number of fused-ring (bicyclic) bond motifs is 1. The molecule has 3 nitrogen and oxygen atoms in total. The summed E-state index contributed by atoms with van der Waals surface area (Å²) >= 11 is 3.63. The van der Waals surface area contributed by atoms with Crippen molar-refractivity contribution in [3.63, 3.8) is 0 Å². The van der Waals surface area contributed by atoms with Crippen LogP contribution >= 0.6 is 27.7 Å². The van der Waals surface area contributed by atoms with E-state index in [2.05, 4.69) is 20.7 Å². The number of pyridine rings is 1. The molecule has 0 saturated heterocycles. The van der Waals surface area contributed by atoms with Crippen LogP contribution in [0, 0.1) is 0 Å². The summed E-state index contributed by atoms with van der Waals surface area (Å²) in [5.41, 5.74) is 0.774. The number of halogens is 3. The van der Waals surface area contributed by atoms with Gasteiger partial charge in [-0.25, -0.2) is 4.79 Å². The minimum absolute atomic E-state index is 0.134. The number of carbonyl (C=O) groups is 1. The minimum Gasteiger partial charge on any atom is -0.465 e. The Hall–Kier alpha value is -1.08. The van der Waals surface area contributed by atoms with Crippen molar-refractivity contribution in [3.05, 3.63) is 34.4 Å². The maximum atomic E-state index is 12.6. The summed E-state index contributed by atoms with van der Waals surface area (Å²) in [6, 6.07) is 5.00. The van der Waals surface area contributed by atoms with Crippen LogP contribution in [0.5, 0.6) is 0 Å². The zero-order chi connectivity index (χ0) is 13.3. The van der Waals surface area contributed by atoms with Crippen molar-refractivity contribution in [1.82, 2.24) is 4.40 Å². The van der Waals surface area contributed by atoms with Gasteiger partial charge >= 0.3 is 5.97 Å². The van der Waals surface area contributed by atoms with Crippen LogP contribution < -0.4 is 0 Å². The average molecular weight is 336 g/mol. The van der Waals surface area contributed by atoms with E-state index in [0.717, 1.165) is 4.47 Å². The highest BCUT2D eigenvalue weighted by atomic mass is 79.9. The Balaban J connectivity index is 2.68. The quantitative estimate of drug-likeness (QED) is 0.631. The number of hydrogen-bond donors (Lipinski definition) is 0. The van der Waals surface area contributed by atoms with Gasteiger partial charge in [0.05, 0.1) is 23.2 Å². The van der Waals surface area contributed by atoms with E-state index in [1.54, 1.807) is 18.3 Å². The van der Waals surface area contributed by atoms with Crippen LogP contribution in [0.25, 0.3) is 5.52 Å². The van der Waals surface area contributed by atoms with Crippen molar-refractivity contribution in [3.8, 4) is 0 Å². The molecule has 0 aliphatic rings. The number of thioether (sulfide) groups is 1. The molecule has 0 amide bonds. The number of aromatic nitrogens is 1. The highest BCUT2D eigenvalue weighted by Crippen LogP contribution is 2.33. The molecule has 0 saturated carbocycles. The Morgan fingerprint density at radius 3 is 2.89 bits per heavy atom. The molecule has 7 heteroatoms. The molecule has 2 aromatic heterocycles. The lowest BCUT2D eigenvalue weighted by Gasteiger charge is -2.04. The van der Waals surface area contributed by atoms with E-state index in [9.17, 15) is 13.6 Å². The Morgan fingerprint density at radius 2 is 2.28 bits per heavy atom. The number of alkyl halides is 2. The lowest BCUT2D eigenvalue weighted by Crippen LogP contribution is -2.02. The first-order chi connectivity index (χ1) is 8.54.